The second kappa shape index (κ2) is 5.11. The first-order valence-corrected chi connectivity index (χ1v) is 6.14. The van der Waals surface area contributed by atoms with E-state index in [1.165, 1.54) is 5.56 Å². The van der Waals surface area contributed by atoms with Crippen LogP contribution in [-0.4, -0.2) is 0 Å². The van der Waals surface area contributed by atoms with Crippen molar-refractivity contribution in [2.45, 2.75) is 6.92 Å². The van der Waals surface area contributed by atoms with E-state index < -0.39 is 0 Å². The molecule has 0 nitrogen and oxygen atoms in total. The number of hydrogen-bond donors (Lipinski definition) is 0. The molecule has 0 spiro atoms. The molecular formula is C19H16. The van der Waals surface area contributed by atoms with Crippen LogP contribution in [0.4, 0.5) is 0 Å². The summed E-state index contributed by atoms with van der Waals surface area (Å²) >= 11 is 0. The second-order valence-electron chi connectivity index (χ2n) is 4.44. The third kappa shape index (κ3) is 2.58. The van der Waals surface area contributed by atoms with Crippen molar-refractivity contribution < 1.29 is 6.85 Å². The molecule has 0 unspecified atom stereocenters. The van der Waals surface area contributed by atoms with Crippen LogP contribution < -0.4 is 0 Å². The minimum absolute atomic E-state index is 0.177. The van der Waals surface area contributed by atoms with Crippen LogP contribution in [0, 0.1) is 6.92 Å². The number of rotatable bonds is 2. The van der Waals surface area contributed by atoms with Gasteiger partial charge in [-0.3, -0.25) is 0 Å². The number of benzene rings is 3. The van der Waals surface area contributed by atoms with Crippen molar-refractivity contribution in [3.63, 3.8) is 0 Å². The minimum atomic E-state index is -0.370. The van der Waals surface area contributed by atoms with Crippen molar-refractivity contribution in [1.82, 2.24) is 0 Å². The molecule has 0 saturated heterocycles. The Morgan fingerprint density at radius 1 is 0.579 bits per heavy atom. The SMILES string of the molecule is [2H]c1c([2H])c([2H])c(-c2ccc(-c3ccc(C)cc3)cc2)c([2H])c1[2H]. The van der Waals surface area contributed by atoms with Gasteiger partial charge in [0.05, 0.1) is 6.85 Å². The van der Waals surface area contributed by atoms with Gasteiger partial charge in [-0.1, -0.05) is 84.3 Å². The van der Waals surface area contributed by atoms with Crippen LogP contribution >= 0.6 is 0 Å². The maximum Gasteiger partial charge on any atom is 0.0629 e. The zero-order valence-corrected chi connectivity index (χ0v) is 10.6. The highest BCUT2D eigenvalue weighted by Crippen LogP contribution is 2.24. The largest absolute Gasteiger partial charge is 0.0629 e. The quantitative estimate of drug-likeness (QED) is 0.576. The fourth-order valence-electron chi connectivity index (χ4n) is 1.97. The van der Waals surface area contributed by atoms with E-state index in [0.29, 0.717) is 5.56 Å². The van der Waals surface area contributed by atoms with Crippen molar-refractivity contribution in [3.05, 3.63) is 84.3 Å². The lowest BCUT2D eigenvalue weighted by atomic mass is 10.00. The molecule has 0 heteroatoms. The average Bonchev–Trinajstić information content (AvgIpc) is 2.60. The Labute approximate surface area is 121 Å². The summed E-state index contributed by atoms with van der Waals surface area (Å²) in [5.41, 5.74) is 4.13. The minimum Gasteiger partial charge on any atom is -0.0622 e. The topological polar surface area (TPSA) is 0 Å². The fourth-order valence-corrected chi connectivity index (χ4v) is 1.97. The molecule has 0 fully saturated rings. The highest BCUT2D eigenvalue weighted by molar-refractivity contribution is 5.70. The lowest BCUT2D eigenvalue weighted by Gasteiger charge is -2.05. The van der Waals surface area contributed by atoms with Crippen LogP contribution in [0.25, 0.3) is 22.3 Å². The van der Waals surface area contributed by atoms with Crippen LogP contribution in [0.2, 0.25) is 0 Å². The van der Waals surface area contributed by atoms with Gasteiger partial charge in [-0.15, -0.1) is 0 Å². The van der Waals surface area contributed by atoms with E-state index in [4.69, 9.17) is 6.85 Å². The van der Waals surface area contributed by atoms with Gasteiger partial charge in [-0.2, -0.15) is 0 Å². The molecule has 0 N–H and O–H groups in total. The Hall–Kier alpha value is -2.34. The lowest BCUT2D eigenvalue weighted by molar-refractivity contribution is 1.47. The van der Waals surface area contributed by atoms with Gasteiger partial charge in [0, 0.05) is 0 Å². The van der Waals surface area contributed by atoms with Crippen molar-refractivity contribution in [1.29, 1.82) is 0 Å². The summed E-state index contributed by atoms with van der Waals surface area (Å²) < 4.78 is 39.3. The summed E-state index contributed by atoms with van der Waals surface area (Å²) in [5, 5.41) is 0. The van der Waals surface area contributed by atoms with Crippen molar-refractivity contribution >= 4 is 0 Å². The predicted octanol–water partition coefficient (Wildman–Crippen LogP) is 5.33. The van der Waals surface area contributed by atoms with Crippen molar-refractivity contribution in [2.24, 2.45) is 0 Å². The van der Waals surface area contributed by atoms with E-state index >= 15 is 0 Å². The Balaban J connectivity index is 2.08. The van der Waals surface area contributed by atoms with Crippen LogP contribution in [0.1, 0.15) is 12.4 Å². The molecule has 0 heterocycles. The Bertz CT molecular complexity index is 868. The van der Waals surface area contributed by atoms with Crippen LogP contribution in [-0.2, 0) is 0 Å². The maximum absolute atomic E-state index is 8.04. The first-order chi connectivity index (χ1) is 11.4. The van der Waals surface area contributed by atoms with Crippen LogP contribution in [0.3, 0.4) is 0 Å². The van der Waals surface area contributed by atoms with Gasteiger partial charge in [0.1, 0.15) is 0 Å². The fraction of sp³-hybridized carbons (Fsp3) is 0.0526. The first kappa shape index (κ1) is 7.30. The normalized spacial score (nSPS) is 14.1. The van der Waals surface area contributed by atoms with Gasteiger partial charge in [0.25, 0.3) is 0 Å². The molecule has 0 bridgehead atoms. The summed E-state index contributed by atoms with van der Waals surface area (Å²) in [6.07, 6.45) is 0. The summed E-state index contributed by atoms with van der Waals surface area (Å²) in [4.78, 5) is 0. The molecule has 0 aromatic heterocycles. The first-order valence-electron chi connectivity index (χ1n) is 8.64. The zero-order valence-electron chi connectivity index (χ0n) is 15.6. The lowest BCUT2D eigenvalue weighted by Crippen LogP contribution is -1.80. The molecule has 0 aliphatic carbocycles. The van der Waals surface area contributed by atoms with Crippen LogP contribution in [0.15, 0.2) is 78.7 Å². The van der Waals surface area contributed by atoms with E-state index in [0.717, 1.165) is 11.1 Å². The third-order valence-corrected chi connectivity index (χ3v) is 3.06. The van der Waals surface area contributed by atoms with Gasteiger partial charge >= 0.3 is 0 Å². The zero-order chi connectivity index (χ0) is 17.4. The molecule has 0 aliphatic rings. The molecule has 0 amide bonds. The summed E-state index contributed by atoms with van der Waals surface area (Å²) in [6.45, 7) is 2.03. The van der Waals surface area contributed by atoms with Crippen molar-refractivity contribution in [2.75, 3.05) is 0 Å². The number of aryl methyl sites for hydroxylation is 1. The average molecular weight is 249 g/mol. The number of hydrogen-bond acceptors (Lipinski definition) is 0. The van der Waals surface area contributed by atoms with Crippen LogP contribution in [0.5, 0.6) is 0 Å². The van der Waals surface area contributed by atoms with E-state index in [1.807, 2.05) is 43.3 Å². The standard InChI is InChI=1S/C19H16/c1-15-7-9-17(10-8-15)19-13-11-18(12-14-19)16-5-3-2-4-6-16/h2-14H,1H3/i2D,3D,4D,5D,6D. The van der Waals surface area contributed by atoms with Gasteiger partial charge < -0.3 is 0 Å². The monoisotopic (exact) mass is 249 g/mol. The molecule has 92 valence electrons. The Morgan fingerprint density at radius 2 is 1.00 bits per heavy atom. The second-order valence-corrected chi connectivity index (χ2v) is 4.44. The van der Waals surface area contributed by atoms with E-state index in [9.17, 15) is 0 Å². The molecule has 0 atom stereocenters. The van der Waals surface area contributed by atoms with E-state index in [1.54, 1.807) is 12.1 Å². The van der Waals surface area contributed by atoms with Gasteiger partial charge in [0.15, 0.2) is 0 Å². The third-order valence-electron chi connectivity index (χ3n) is 3.06. The summed E-state index contributed by atoms with van der Waals surface area (Å²) in [5.74, 6) is 0. The molecule has 0 radical (unpaired) electrons. The van der Waals surface area contributed by atoms with E-state index in [-0.39, 0.29) is 35.8 Å². The molecule has 3 aromatic rings. The highest BCUT2D eigenvalue weighted by atomic mass is 14.0. The van der Waals surface area contributed by atoms with Gasteiger partial charge in [0.2, 0.25) is 0 Å². The predicted molar refractivity (Wildman–Crippen MR) is 82.1 cm³/mol. The summed E-state index contributed by atoms with van der Waals surface area (Å²) in [7, 11) is 0. The smallest absolute Gasteiger partial charge is 0.0622 e. The molecule has 0 aliphatic heterocycles. The molecular weight excluding hydrogens is 228 g/mol. The van der Waals surface area contributed by atoms with E-state index in [2.05, 4.69) is 0 Å². The van der Waals surface area contributed by atoms with Crippen molar-refractivity contribution in [3.8, 4) is 22.3 Å². The maximum atomic E-state index is 8.04. The Kier molecular flexibility index (Phi) is 1.96. The molecule has 19 heavy (non-hydrogen) atoms. The van der Waals surface area contributed by atoms with Gasteiger partial charge in [-0.25, -0.2) is 0 Å². The Morgan fingerprint density at radius 3 is 1.53 bits per heavy atom. The molecule has 3 rings (SSSR count). The van der Waals surface area contributed by atoms with Gasteiger partial charge in [-0.05, 0) is 29.2 Å². The summed E-state index contributed by atoms with van der Waals surface area (Å²) in [6, 6.07) is 14.2. The molecule has 3 aromatic carbocycles. The highest BCUT2D eigenvalue weighted by Gasteiger charge is 1.99. The molecule has 0 saturated carbocycles.